The summed E-state index contributed by atoms with van der Waals surface area (Å²) in [5, 5.41) is 5.28. The number of anilines is 2. The number of hydrogen-bond acceptors (Lipinski definition) is 6. The molecule has 6 nitrogen and oxygen atoms in total. The molecule has 122 valence electrons. The number of aromatic nitrogens is 2. The quantitative estimate of drug-likeness (QED) is 0.924. The third-order valence-corrected chi connectivity index (χ3v) is 4.63. The van der Waals surface area contributed by atoms with Gasteiger partial charge in [0.05, 0.1) is 12.2 Å². The number of thiazole rings is 1. The zero-order valence-electron chi connectivity index (χ0n) is 12.8. The number of carbonyl (C=O) groups is 1. The van der Waals surface area contributed by atoms with Crippen LogP contribution in [0.1, 0.15) is 6.92 Å². The summed E-state index contributed by atoms with van der Waals surface area (Å²) < 4.78 is 12.9. The van der Waals surface area contributed by atoms with E-state index in [1.807, 2.05) is 12.3 Å². The lowest BCUT2D eigenvalue weighted by Crippen LogP contribution is -2.53. The summed E-state index contributed by atoms with van der Waals surface area (Å²) in [6.45, 7) is 4.92. The van der Waals surface area contributed by atoms with Crippen molar-refractivity contribution in [1.29, 1.82) is 0 Å². The molecule has 3 rings (SSSR count). The first kappa shape index (κ1) is 15.8. The molecule has 0 aliphatic carbocycles. The van der Waals surface area contributed by atoms with Crippen molar-refractivity contribution in [1.82, 2.24) is 14.9 Å². The number of piperazine rings is 1. The van der Waals surface area contributed by atoms with Gasteiger partial charge in [-0.25, -0.2) is 14.4 Å². The van der Waals surface area contributed by atoms with Gasteiger partial charge in [-0.15, -0.1) is 11.3 Å². The highest BCUT2D eigenvalue weighted by Gasteiger charge is 2.26. The highest BCUT2D eigenvalue weighted by Crippen LogP contribution is 2.16. The highest BCUT2D eigenvalue weighted by atomic mass is 32.1. The third-order valence-electron chi connectivity index (χ3n) is 3.94. The molecule has 1 amide bonds. The van der Waals surface area contributed by atoms with E-state index >= 15 is 0 Å². The van der Waals surface area contributed by atoms with E-state index in [4.69, 9.17) is 0 Å². The highest BCUT2D eigenvalue weighted by molar-refractivity contribution is 7.13. The molecule has 3 heterocycles. The molecule has 0 saturated carbocycles. The average Bonchev–Trinajstić information content (AvgIpc) is 3.08. The number of carbonyl (C=O) groups excluding carboxylic acids is 1. The Kier molecular flexibility index (Phi) is 4.82. The van der Waals surface area contributed by atoms with Crippen LogP contribution in [0.2, 0.25) is 0 Å². The Bertz CT molecular complexity index is 640. The molecule has 1 saturated heterocycles. The number of pyridine rings is 1. The maximum atomic E-state index is 12.9. The number of halogens is 1. The summed E-state index contributed by atoms with van der Waals surface area (Å²) in [6.07, 6.45) is 2.89. The summed E-state index contributed by atoms with van der Waals surface area (Å²) in [4.78, 5) is 24.6. The van der Waals surface area contributed by atoms with Gasteiger partial charge in [0.25, 0.3) is 0 Å². The maximum absolute atomic E-state index is 12.9. The molecule has 1 N–H and O–H groups in total. The minimum absolute atomic E-state index is 0.0479. The fourth-order valence-electron chi connectivity index (χ4n) is 2.55. The molecule has 1 aliphatic heterocycles. The van der Waals surface area contributed by atoms with Crippen LogP contribution in [0.5, 0.6) is 0 Å². The van der Waals surface area contributed by atoms with Gasteiger partial charge >= 0.3 is 0 Å². The standard InChI is InChI=1S/C15H18FN5OS/c1-11(14(22)19-15-17-4-9-23-15)20-5-7-21(8-6-20)13-3-2-12(16)10-18-13/h2-4,9-11H,5-8H2,1H3,(H,17,19,22). The lowest BCUT2D eigenvalue weighted by atomic mass is 10.2. The van der Waals surface area contributed by atoms with Gasteiger partial charge in [-0.2, -0.15) is 0 Å². The van der Waals surface area contributed by atoms with Crippen LogP contribution in [-0.2, 0) is 4.79 Å². The number of rotatable bonds is 4. The first-order valence-corrected chi connectivity index (χ1v) is 8.32. The summed E-state index contributed by atoms with van der Waals surface area (Å²) in [5.74, 6) is 0.388. The van der Waals surface area contributed by atoms with E-state index in [2.05, 4.69) is 25.1 Å². The molecule has 2 aromatic rings. The maximum Gasteiger partial charge on any atom is 0.243 e. The van der Waals surface area contributed by atoms with E-state index in [1.54, 1.807) is 12.3 Å². The molecule has 0 aromatic carbocycles. The number of hydrogen-bond donors (Lipinski definition) is 1. The second kappa shape index (κ2) is 7.01. The predicted molar refractivity (Wildman–Crippen MR) is 88.2 cm³/mol. The van der Waals surface area contributed by atoms with Gasteiger partial charge in [0.15, 0.2) is 5.13 Å². The minimum Gasteiger partial charge on any atom is -0.354 e. The van der Waals surface area contributed by atoms with Crippen LogP contribution in [0, 0.1) is 5.82 Å². The normalized spacial score (nSPS) is 17.0. The second-order valence-corrected chi connectivity index (χ2v) is 6.25. The molecular formula is C15H18FN5OS. The van der Waals surface area contributed by atoms with Crippen LogP contribution < -0.4 is 10.2 Å². The molecule has 1 fully saturated rings. The van der Waals surface area contributed by atoms with Gasteiger partial charge in [-0.1, -0.05) is 0 Å². The Morgan fingerprint density at radius 3 is 2.70 bits per heavy atom. The Labute approximate surface area is 138 Å². The number of nitrogens with zero attached hydrogens (tertiary/aromatic N) is 4. The van der Waals surface area contributed by atoms with Crippen molar-refractivity contribution in [2.45, 2.75) is 13.0 Å². The van der Waals surface area contributed by atoms with Gasteiger partial charge in [0.1, 0.15) is 11.6 Å². The van der Waals surface area contributed by atoms with Crippen LogP contribution in [0.3, 0.4) is 0 Å². The Hall–Kier alpha value is -2.06. The molecular weight excluding hydrogens is 317 g/mol. The third kappa shape index (κ3) is 3.83. The van der Waals surface area contributed by atoms with Gasteiger partial charge < -0.3 is 10.2 Å². The molecule has 1 atom stereocenters. The van der Waals surface area contributed by atoms with E-state index in [0.717, 1.165) is 32.0 Å². The van der Waals surface area contributed by atoms with E-state index in [9.17, 15) is 9.18 Å². The largest absolute Gasteiger partial charge is 0.354 e. The van der Waals surface area contributed by atoms with Crippen LogP contribution in [0.25, 0.3) is 0 Å². The summed E-state index contributed by atoms with van der Waals surface area (Å²) in [5.41, 5.74) is 0. The van der Waals surface area contributed by atoms with Gasteiger partial charge in [-0.3, -0.25) is 9.69 Å². The molecule has 8 heteroatoms. The van der Waals surface area contributed by atoms with Gasteiger partial charge in [-0.05, 0) is 19.1 Å². The first-order chi connectivity index (χ1) is 11.1. The first-order valence-electron chi connectivity index (χ1n) is 7.44. The van der Waals surface area contributed by atoms with Crippen molar-refractivity contribution < 1.29 is 9.18 Å². The lowest BCUT2D eigenvalue weighted by molar-refractivity contribution is -0.120. The van der Waals surface area contributed by atoms with E-state index in [1.165, 1.54) is 23.6 Å². The Morgan fingerprint density at radius 1 is 1.30 bits per heavy atom. The van der Waals surface area contributed by atoms with Crippen molar-refractivity contribution in [2.75, 3.05) is 36.4 Å². The summed E-state index contributed by atoms with van der Waals surface area (Å²) >= 11 is 1.41. The van der Waals surface area contributed by atoms with E-state index in [0.29, 0.717) is 5.13 Å². The zero-order valence-corrected chi connectivity index (χ0v) is 13.6. The number of amides is 1. The van der Waals surface area contributed by atoms with Crippen LogP contribution >= 0.6 is 11.3 Å². The van der Waals surface area contributed by atoms with Crippen molar-refractivity contribution in [3.63, 3.8) is 0 Å². The molecule has 0 bridgehead atoms. The van der Waals surface area contributed by atoms with Crippen LogP contribution in [0.15, 0.2) is 29.9 Å². The minimum atomic E-state index is -0.333. The van der Waals surface area contributed by atoms with Crippen LogP contribution in [-0.4, -0.2) is 53.0 Å². The molecule has 2 aromatic heterocycles. The van der Waals surface area contributed by atoms with Crippen molar-refractivity contribution in [2.24, 2.45) is 0 Å². The Balaban J connectivity index is 1.53. The van der Waals surface area contributed by atoms with E-state index < -0.39 is 0 Å². The van der Waals surface area contributed by atoms with Crippen LogP contribution in [0.4, 0.5) is 15.3 Å². The van der Waals surface area contributed by atoms with Gasteiger partial charge in [0.2, 0.25) is 5.91 Å². The molecule has 1 unspecified atom stereocenters. The lowest BCUT2D eigenvalue weighted by Gasteiger charge is -2.37. The van der Waals surface area contributed by atoms with Crippen molar-refractivity contribution in [3.05, 3.63) is 35.7 Å². The number of nitrogens with one attached hydrogen (secondary N) is 1. The summed E-state index contributed by atoms with van der Waals surface area (Å²) in [6, 6.07) is 2.88. The average molecular weight is 335 g/mol. The molecule has 1 aliphatic rings. The summed E-state index contributed by atoms with van der Waals surface area (Å²) in [7, 11) is 0. The van der Waals surface area contributed by atoms with E-state index in [-0.39, 0.29) is 17.8 Å². The molecule has 0 spiro atoms. The van der Waals surface area contributed by atoms with Crippen molar-refractivity contribution in [3.8, 4) is 0 Å². The molecule has 0 radical (unpaired) electrons. The second-order valence-electron chi connectivity index (χ2n) is 5.36. The smallest absolute Gasteiger partial charge is 0.243 e. The topological polar surface area (TPSA) is 61.4 Å². The zero-order chi connectivity index (χ0) is 16.2. The fraction of sp³-hybridized carbons (Fsp3) is 0.400. The predicted octanol–water partition coefficient (Wildman–Crippen LogP) is 1.83. The SMILES string of the molecule is CC(C(=O)Nc1nccs1)N1CCN(c2ccc(F)cn2)CC1. The monoisotopic (exact) mass is 335 g/mol. The molecule has 23 heavy (non-hydrogen) atoms. The Morgan fingerprint density at radius 2 is 2.09 bits per heavy atom. The van der Waals surface area contributed by atoms with Crippen molar-refractivity contribution >= 4 is 28.2 Å². The fourth-order valence-corrected chi connectivity index (χ4v) is 3.09. The van der Waals surface area contributed by atoms with Gasteiger partial charge in [0, 0.05) is 37.8 Å².